The normalized spacial score (nSPS) is 13.1. The van der Waals surface area contributed by atoms with Crippen LogP contribution in [0.4, 0.5) is 0 Å². The van der Waals surface area contributed by atoms with Gasteiger partial charge in [-0.15, -0.1) is 0 Å². The van der Waals surface area contributed by atoms with Crippen LogP contribution in [-0.4, -0.2) is 29.0 Å². The lowest BCUT2D eigenvalue weighted by atomic mass is 9.67. The van der Waals surface area contributed by atoms with E-state index >= 15 is 0 Å². The summed E-state index contributed by atoms with van der Waals surface area (Å²) in [5, 5.41) is 11.0. The first kappa shape index (κ1) is 23.5. The number of rotatable bonds is 8. The maximum atomic E-state index is 13.9. The van der Waals surface area contributed by atoms with Crippen molar-refractivity contribution < 1.29 is 9.90 Å². The summed E-state index contributed by atoms with van der Waals surface area (Å²) in [7, 11) is 1.78. The average molecular weight is 450 g/mol. The lowest BCUT2D eigenvalue weighted by molar-refractivity contribution is -0.134. The molecule has 0 radical (unpaired) electrons. The summed E-state index contributed by atoms with van der Waals surface area (Å²) in [6, 6.07) is 39.8. The second-order valence-electron chi connectivity index (χ2n) is 8.78. The van der Waals surface area contributed by atoms with Gasteiger partial charge in [0.15, 0.2) is 0 Å². The second-order valence-corrected chi connectivity index (χ2v) is 8.78. The summed E-state index contributed by atoms with van der Waals surface area (Å²) >= 11 is 0. The summed E-state index contributed by atoms with van der Waals surface area (Å²) in [6.45, 7) is 1.89. The number of benzene rings is 4. The molecule has 0 unspecified atom stereocenters. The quantitative estimate of drug-likeness (QED) is 0.336. The van der Waals surface area contributed by atoms with Gasteiger partial charge in [0.2, 0.25) is 5.91 Å². The highest BCUT2D eigenvalue weighted by atomic mass is 16.3. The van der Waals surface area contributed by atoms with Crippen LogP contribution in [-0.2, 0) is 10.2 Å². The van der Waals surface area contributed by atoms with E-state index < -0.39 is 11.5 Å². The standard InChI is InChI=1S/C31H31NO2/c1-24(30(34)25-15-7-3-8-16-25)32(2)29(33)23-31(26-17-9-4-10-18-26,27-19-11-5-12-20-27)28-21-13-6-14-22-28/h3-22,24,30,34H,23H2,1-2H3/t24-,30-/m0/s1. The molecule has 3 heteroatoms. The van der Waals surface area contributed by atoms with Gasteiger partial charge in [0.25, 0.3) is 0 Å². The van der Waals surface area contributed by atoms with E-state index in [4.69, 9.17) is 0 Å². The fraction of sp³-hybridized carbons (Fsp3) is 0.194. The molecule has 0 aliphatic carbocycles. The molecule has 34 heavy (non-hydrogen) atoms. The zero-order valence-electron chi connectivity index (χ0n) is 19.7. The molecule has 0 aliphatic rings. The third kappa shape index (κ3) is 4.66. The van der Waals surface area contributed by atoms with Crippen LogP contribution < -0.4 is 0 Å². The molecule has 4 aromatic rings. The van der Waals surface area contributed by atoms with Gasteiger partial charge in [-0.3, -0.25) is 4.79 Å². The highest BCUT2D eigenvalue weighted by Gasteiger charge is 2.40. The topological polar surface area (TPSA) is 40.5 Å². The molecule has 2 atom stereocenters. The van der Waals surface area contributed by atoms with Crippen molar-refractivity contribution in [3.05, 3.63) is 144 Å². The van der Waals surface area contributed by atoms with Crippen molar-refractivity contribution in [3.63, 3.8) is 0 Å². The number of hydrogen-bond acceptors (Lipinski definition) is 2. The molecule has 0 fully saturated rings. The molecule has 0 aliphatic heterocycles. The van der Waals surface area contributed by atoms with Gasteiger partial charge < -0.3 is 10.0 Å². The Labute approximate surface area is 202 Å². The summed E-state index contributed by atoms with van der Waals surface area (Å²) in [5.41, 5.74) is 3.32. The van der Waals surface area contributed by atoms with E-state index in [0.717, 1.165) is 22.3 Å². The maximum Gasteiger partial charge on any atom is 0.224 e. The fourth-order valence-corrected chi connectivity index (χ4v) is 4.69. The molecule has 0 saturated heterocycles. The SMILES string of the molecule is C[C@@H]([C@H](O)c1ccccc1)N(C)C(=O)CC(c1ccccc1)(c1ccccc1)c1ccccc1. The maximum absolute atomic E-state index is 13.9. The molecular formula is C31H31NO2. The molecule has 0 saturated carbocycles. The molecule has 172 valence electrons. The Hall–Kier alpha value is -3.69. The molecule has 0 spiro atoms. The van der Waals surface area contributed by atoms with Gasteiger partial charge in [-0.2, -0.15) is 0 Å². The Morgan fingerprint density at radius 1 is 0.706 bits per heavy atom. The molecule has 1 N–H and O–H groups in total. The first-order chi connectivity index (χ1) is 16.5. The van der Waals surface area contributed by atoms with Gasteiger partial charge in [-0.25, -0.2) is 0 Å². The van der Waals surface area contributed by atoms with E-state index in [1.807, 2.05) is 91.9 Å². The summed E-state index contributed by atoms with van der Waals surface area (Å²) in [5.74, 6) is -0.0287. The number of nitrogens with zero attached hydrogens (tertiary/aromatic N) is 1. The molecule has 4 aromatic carbocycles. The first-order valence-electron chi connectivity index (χ1n) is 11.7. The van der Waals surface area contributed by atoms with Gasteiger partial charge in [-0.05, 0) is 29.2 Å². The largest absolute Gasteiger partial charge is 0.386 e. The van der Waals surface area contributed by atoms with Gasteiger partial charge in [-0.1, -0.05) is 121 Å². The zero-order valence-corrected chi connectivity index (χ0v) is 19.7. The van der Waals surface area contributed by atoms with Crippen molar-refractivity contribution in [2.24, 2.45) is 0 Å². The number of carbonyl (C=O) groups excluding carboxylic acids is 1. The van der Waals surface area contributed by atoms with Gasteiger partial charge in [0.1, 0.15) is 0 Å². The van der Waals surface area contributed by atoms with Crippen LogP contribution in [0.25, 0.3) is 0 Å². The number of carbonyl (C=O) groups is 1. The van der Waals surface area contributed by atoms with Crippen molar-refractivity contribution in [1.29, 1.82) is 0 Å². The lowest BCUT2D eigenvalue weighted by Gasteiger charge is -2.38. The predicted octanol–water partition coefficient (Wildman–Crippen LogP) is 5.99. The average Bonchev–Trinajstić information content (AvgIpc) is 2.92. The van der Waals surface area contributed by atoms with Crippen molar-refractivity contribution in [2.75, 3.05) is 7.05 Å². The minimum absolute atomic E-state index is 0.0287. The van der Waals surface area contributed by atoms with Crippen LogP contribution in [0, 0.1) is 0 Å². The smallest absolute Gasteiger partial charge is 0.224 e. The minimum atomic E-state index is -0.769. The second kappa shape index (κ2) is 10.5. The Balaban J connectivity index is 1.76. The number of likely N-dealkylation sites (N-methyl/N-ethyl adjacent to an activating group) is 1. The molecule has 1 amide bonds. The number of aliphatic hydroxyl groups is 1. The molecule has 4 rings (SSSR count). The van der Waals surface area contributed by atoms with Crippen molar-refractivity contribution >= 4 is 5.91 Å². The fourth-order valence-electron chi connectivity index (χ4n) is 4.69. The van der Waals surface area contributed by atoms with Crippen molar-refractivity contribution in [3.8, 4) is 0 Å². The Bertz CT molecular complexity index is 1080. The highest BCUT2D eigenvalue weighted by molar-refractivity contribution is 5.80. The third-order valence-corrected chi connectivity index (χ3v) is 6.82. The van der Waals surface area contributed by atoms with E-state index in [0.29, 0.717) is 0 Å². The Morgan fingerprint density at radius 3 is 1.44 bits per heavy atom. The molecule has 0 heterocycles. The third-order valence-electron chi connectivity index (χ3n) is 6.82. The van der Waals surface area contributed by atoms with Crippen molar-refractivity contribution in [2.45, 2.75) is 30.9 Å². The van der Waals surface area contributed by atoms with Gasteiger partial charge in [0.05, 0.1) is 17.6 Å². The summed E-state index contributed by atoms with van der Waals surface area (Å²) in [4.78, 5) is 15.6. The minimum Gasteiger partial charge on any atom is -0.386 e. The number of aliphatic hydroxyl groups excluding tert-OH is 1. The van der Waals surface area contributed by atoms with Crippen LogP contribution in [0.1, 0.15) is 41.7 Å². The summed E-state index contributed by atoms with van der Waals surface area (Å²) < 4.78 is 0. The van der Waals surface area contributed by atoms with Crippen LogP contribution in [0.2, 0.25) is 0 Å². The van der Waals surface area contributed by atoms with Gasteiger partial charge >= 0.3 is 0 Å². The van der Waals surface area contributed by atoms with Crippen LogP contribution >= 0.6 is 0 Å². The highest BCUT2D eigenvalue weighted by Crippen LogP contribution is 2.42. The molecule has 0 aromatic heterocycles. The van der Waals surface area contributed by atoms with Crippen molar-refractivity contribution in [1.82, 2.24) is 4.90 Å². The number of amides is 1. The monoisotopic (exact) mass is 449 g/mol. The summed E-state index contributed by atoms with van der Waals surface area (Å²) in [6.07, 6.45) is -0.525. The van der Waals surface area contributed by atoms with Crippen LogP contribution in [0.15, 0.2) is 121 Å². The van der Waals surface area contributed by atoms with Crippen LogP contribution in [0.5, 0.6) is 0 Å². The zero-order chi connectivity index (χ0) is 24.0. The van der Waals surface area contributed by atoms with Crippen LogP contribution in [0.3, 0.4) is 0 Å². The predicted molar refractivity (Wildman–Crippen MR) is 137 cm³/mol. The van der Waals surface area contributed by atoms with Gasteiger partial charge in [0, 0.05) is 13.5 Å². The van der Waals surface area contributed by atoms with E-state index in [-0.39, 0.29) is 18.4 Å². The number of hydrogen-bond donors (Lipinski definition) is 1. The van der Waals surface area contributed by atoms with E-state index in [1.54, 1.807) is 11.9 Å². The Morgan fingerprint density at radius 2 is 1.06 bits per heavy atom. The Kier molecular flexibility index (Phi) is 7.24. The van der Waals surface area contributed by atoms with E-state index in [1.165, 1.54) is 0 Å². The van der Waals surface area contributed by atoms with E-state index in [9.17, 15) is 9.90 Å². The molecular weight excluding hydrogens is 418 g/mol. The lowest BCUT2D eigenvalue weighted by Crippen LogP contribution is -2.43. The molecule has 0 bridgehead atoms. The molecule has 3 nitrogen and oxygen atoms in total. The van der Waals surface area contributed by atoms with E-state index in [2.05, 4.69) is 36.4 Å². The first-order valence-corrected chi connectivity index (χ1v) is 11.7.